The Morgan fingerprint density at radius 3 is 2.00 bits per heavy atom. The van der Waals surface area contributed by atoms with Crippen LogP contribution in [0.4, 0.5) is 0 Å². The maximum atomic E-state index is 9.00. The molecule has 0 saturated carbocycles. The van der Waals surface area contributed by atoms with Crippen LogP contribution in [0.3, 0.4) is 0 Å². The van der Waals surface area contributed by atoms with Gasteiger partial charge in [0.2, 0.25) is 0 Å². The number of thiophene rings is 1. The van der Waals surface area contributed by atoms with Crippen molar-refractivity contribution in [3.05, 3.63) is 35.0 Å². The Morgan fingerprint density at radius 2 is 1.62 bits per heavy atom. The number of aliphatic carboxylic acids is 1. The molecule has 0 saturated heterocycles. The highest BCUT2D eigenvalue weighted by Crippen LogP contribution is 2.17. The van der Waals surface area contributed by atoms with Crippen molar-refractivity contribution in [2.45, 2.75) is 6.92 Å². The summed E-state index contributed by atoms with van der Waals surface area (Å²) in [6.45, 7) is 1.08. The second-order valence-corrected chi connectivity index (χ2v) is 3.26. The Balaban J connectivity index is 0.000000184. The summed E-state index contributed by atoms with van der Waals surface area (Å²) >= 11 is 1.75. The highest BCUT2D eigenvalue weighted by molar-refractivity contribution is 7.09. The molecule has 2 aromatic rings. The summed E-state index contributed by atoms with van der Waals surface area (Å²) in [6, 6.07) is 8.39. The molecular weight excluding hydrogens is 184 g/mol. The van der Waals surface area contributed by atoms with Crippen LogP contribution in [-0.4, -0.2) is 11.1 Å². The van der Waals surface area contributed by atoms with Crippen LogP contribution in [0.5, 0.6) is 0 Å². The number of hydrogen-bond acceptors (Lipinski definition) is 2. The number of rotatable bonds is 0. The van der Waals surface area contributed by atoms with Crippen LogP contribution in [0.2, 0.25) is 0 Å². The summed E-state index contributed by atoms with van der Waals surface area (Å²) < 4.78 is 0. The van der Waals surface area contributed by atoms with Gasteiger partial charge in [-0.15, -0.1) is 0 Å². The van der Waals surface area contributed by atoms with Gasteiger partial charge in [0, 0.05) is 6.92 Å². The van der Waals surface area contributed by atoms with Crippen molar-refractivity contribution in [3.63, 3.8) is 0 Å². The number of carbonyl (C=O) groups is 1. The van der Waals surface area contributed by atoms with Gasteiger partial charge < -0.3 is 5.11 Å². The van der Waals surface area contributed by atoms with Crippen molar-refractivity contribution in [2.75, 3.05) is 0 Å². The second-order valence-electron chi connectivity index (χ2n) is 2.52. The van der Waals surface area contributed by atoms with Gasteiger partial charge in [0.25, 0.3) is 5.97 Å². The highest BCUT2D eigenvalue weighted by Gasteiger charge is 1.87. The van der Waals surface area contributed by atoms with E-state index in [0.29, 0.717) is 0 Å². The van der Waals surface area contributed by atoms with Crippen LogP contribution in [0.25, 0.3) is 10.8 Å². The molecule has 0 aliphatic rings. The Bertz CT molecular complexity index is 358. The zero-order valence-electron chi connectivity index (χ0n) is 7.23. The molecule has 0 aliphatic carbocycles. The number of hydrogen-bond donors (Lipinski definition) is 1. The molecule has 2 nitrogen and oxygen atoms in total. The van der Waals surface area contributed by atoms with Crippen molar-refractivity contribution >= 4 is 28.1 Å². The van der Waals surface area contributed by atoms with Gasteiger partial charge in [-0.05, 0) is 21.5 Å². The van der Waals surface area contributed by atoms with E-state index in [0.717, 1.165) is 6.92 Å². The molecule has 68 valence electrons. The zero-order chi connectivity index (χ0) is 9.68. The third kappa shape index (κ3) is 3.25. The van der Waals surface area contributed by atoms with Gasteiger partial charge in [-0.3, -0.25) is 4.79 Å². The molecule has 0 radical (unpaired) electrons. The first-order chi connectivity index (χ1) is 6.20. The molecule has 1 aromatic carbocycles. The van der Waals surface area contributed by atoms with E-state index in [1.54, 1.807) is 11.3 Å². The zero-order valence-corrected chi connectivity index (χ0v) is 8.04. The average Bonchev–Trinajstić information content (AvgIpc) is 2.49. The van der Waals surface area contributed by atoms with E-state index in [4.69, 9.17) is 9.90 Å². The van der Waals surface area contributed by atoms with Crippen molar-refractivity contribution in [2.24, 2.45) is 0 Å². The molecular formula is C10H10O2S. The largest absolute Gasteiger partial charge is 0.481 e. The first kappa shape index (κ1) is 9.74. The molecule has 3 heteroatoms. The van der Waals surface area contributed by atoms with Gasteiger partial charge in [0.15, 0.2) is 0 Å². The van der Waals surface area contributed by atoms with Gasteiger partial charge in [-0.1, -0.05) is 24.3 Å². The number of carboxylic acid groups (broad SMARTS) is 1. The van der Waals surface area contributed by atoms with Gasteiger partial charge in [0.05, 0.1) is 0 Å². The lowest BCUT2D eigenvalue weighted by atomic mass is 10.2. The van der Waals surface area contributed by atoms with Crippen molar-refractivity contribution in [3.8, 4) is 0 Å². The summed E-state index contributed by atoms with van der Waals surface area (Å²) in [5.74, 6) is -0.833. The molecule has 2 rings (SSSR count). The second kappa shape index (κ2) is 4.62. The number of carboxylic acids is 1. The van der Waals surface area contributed by atoms with Crippen LogP contribution in [-0.2, 0) is 4.79 Å². The van der Waals surface area contributed by atoms with Gasteiger partial charge in [-0.2, -0.15) is 11.3 Å². The molecule has 0 aliphatic heterocycles. The molecule has 0 spiro atoms. The van der Waals surface area contributed by atoms with Crippen molar-refractivity contribution in [1.82, 2.24) is 0 Å². The van der Waals surface area contributed by atoms with E-state index in [2.05, 4.69) is 35.0 Å². The fourth-order valence-corrected chi connectivity index (χ4v) is 1.70. The lowest BCUT2D eigenvalue weighted by Gasteiger charge is -1.82. The third-order valence-corrected chi connectivity index (χ3v) is 2.17. The molecule has 0 fully saturated rings. The molecule has 0 unspecified atom stereocenters. The quantitative estimate of drug-likeness (QED) is 0.700. The predicted octanol–water partition coefficient (Wildman–Crippen LogP) is 2.99. The minimum atomic E-state index is -0.833. The minimum Gasteiger partial charge on any atom is -0.481 e. The smallest absolute Gasteiger partial charge is 0.300 e. The van der Waals surface area contributed by atoms with Crippen LogP contribution >= 0.6 is 11.3 Å². The fraction of sp³-hybridized carbons (Fsp3) is 0.100. The predicted molar refractivity (Wildman–Crippen MR) is 55.1 cm³/mol. The van der Waals surface area contributed by atoms with Crippen LogP contribution in [0.15, 0.2) is 35.0 Å². The van der Waals surface area contributed by atoms with Crippen LogP contribution in [0.1, 0.15) is 6.92 Å². The molecule has 1 N–H and O–H groups in total. The van der Waals surface area contributed by atoms with E-state index in [-0.39, 0.29) is 0 Å². The Labute approximate surface area is 80.4 Å². The lowest BCUT2D eigenvalue weighted by Crippen LogP contribution is -1.78. The molecule has 13 heavy (non-hydrogen) atoms. The van der Waals surface area contributed by atoms with Crippen LogP contribution in [0, 0.1) is 0 Å². The maximum Gasteiger partial charge on any atom is 0.300 e. The van der Waals surface area contributed by atoms with E-state index in [1.807, 2.05) is 0 Å². The first-order valence-corrected chi connectivity index (χ1v) is 4.75. The SMILES string of the molecule is CC(=O)O.c1ccc2cscc2c1. The summed E-state index contributed by atoms with van der Waals surface area (Å²) in [5, 5.41) is 14.4. The highest BCUT2D eigenvalue weighted by atomic mass is 32.1. The normalized spacial score (nSPS) is 9.00. The van der Waals surface area contributed by atoms with Crippen molar-refractivity contribution in [1.29, 1.82) is 0 Å². The molecule has 0 atom stereocenters. The Morgan fingerprint density at radius 1 is 1.23 bits per heavy atom. The van der Waals surface area contributed by atoms with E-state index in [1.165, 1.54) is 10.8 Å². The summed E-state index contributed by atoms with van der Waals surface area (Å²) in [6.07, 6.45) is 0. The van der Waals surface area contributed by atoms with Gasteiger partial charge in [-0.25, -0.2) is 0 Å². The maximum absolute atomic E-state index is 9.00. The van der Waals surface area contributed by atoms with Gasteiger partial charge >= 0.3 is 0 Å². The third-order valence-electron chi connectivity index (χ3n) is 1.39. The summed E-state index contributed by atoms with van der Waals surface area (Å²) in [5.41, 5.74) is 0. The average molecular weight is 194 g/mol. The first-order valence-electron chi connectivity index (χ1n) is 3.80. The number of fused-ring (bicyclic) bond motifs is 1. The molecule has 1 aromatic heterocycles. The van der Waals surface area contributed by atoms with E-state index < -0.39 is 5.97 Å². The fourth-order valence-electron chi connectivity index (χ4n) is 0.906. The van der Waals surface area contributed by atoms with Crippen molar-refractivity contribution < 1.29 is 9.90 Å². The molecule has 1 heterocycles. The van der Waals surface area contributed by atoms with E-state index >= 15 is 0 Å². The lowest BCUT2D eigenvalue weighted by molar-refractivity contribution is -0.134. The molecule has 0 amide bonds. The monoisotopic (exact) mass is 194 g/mol. The summed E-state index contributed by atoms with van der Waals surface area (Å²) in [7, 11) is 0. The topological polar surface area (TPSA) is 37.3 Å². The number of benzene rings is 1. The Kier molecular flexibility index (Phi) is 3.46. The van der Waals surface area contributed by atoms with Gasteiger partial charge in [0.1, 0.15) is 0 Å². The van der Waals surface area contributed by atoms with Crippen LogP contribution < -0.4 is 0 Å². The summed E-state index contributed by atoms with van der Waals surface area (Å²) in [4.78, 5) is 9.00. The minimum absolute atomic E-state index is 0.833. The molecule has 0 bridgehead atoms. The standard InChI is InChI=1S/C8H6S.C2H4O2/c1-2-4-8-6-9-5-7(8)3-1;1-2(3)4/h1-6H;1H3,(H,3,4). The Hall–Kier alpha value is -1.35. The van der Waals surface area contributed by atoms with E-state index in [9.17, 15) is 0 Å².